The van der Waals surface area contributed by atoms with Crippen LogP contribution in [0.2, 0.25) is 0 Å². The zero-order valence-electron chi connectivity index (χ0n) is 14.5. The third-order valence-electron chi connectivity index (χ3n) is 4.20. The molecule has 3 heterocycles. The summed E-state index contributed by atoms with van der Waals surface area (Å²) >= 11 is 2.15. The largest absolute Gasteiger partial charge is 0.344 e. The Morgan fingerprint density at radius 1 is 1.33 bits per heavy atom. The molecule has 3 rings (SSSR count). The van der Waals surface area contributed by atoms with E-state index in [-0.39, 0.29) is 4.91 Å². The Morgan fingerprint density at radius 3 is 2.67 bits per heavy atom. The monoisotopic (exact) mass is 408 g/mol. The lowest BCUT2D eigenvalue weighted by Crippen LogP contribution is -2.51. The van der Waals surface area contributed by atoms with Gasteiger partial charge in [-0.1, -0.05) is 13.0 Å². The second kappa shape index (κ2) is 7.16. The second-order valence-corrected chi connectivity index (χ2v) is 8.05. The fourth-order valence-electron chi connectivity index (χ4n) is 2.47. The summed E-state index contributed by atoms with van der Waals surface area (Å²) in [5.74, 6) is -2.02. The van der Waals surface area contributed by atoms with E-state index in [4.69, 9.17) is 0 Å². The summed E-state index contributed by atoms with van der Waals surface area (Å²) in [6, 6.07) is 2.86. The summed E-state index contributed by atoms with van der Waals surface area (Å²) in [4.78, 5) is 62.6. The second-order valence-electron chi connectivity index (χ2n) is 6.07. The maximum absolute atomic E-state index is 12.4. The van der Waals surface area contributed by atoms with Crippen LogP contribution in [0, 0.1) is 0 Å². The Morgan fingerprint density at radius 2 is 2.07 bits per heavy atom. The van der Waals surface area contributed by atoms with Gasteiger partial charge in [-0.2, -0.15) is 5.01 Å². The normalized spacial score (nSPS) is 24.1. The van der Waals surface area contributed by atoms with Gasteiger partial charge >= 0.3 is 6.03 Å². The molecule has 0 bridgehead atoms. The lowest BCUT2D eigenvalue weighted by molar-refractivity contribution is -0.139. The smallest absolute Gasteiger partial charge is 0.322 e. The van der Waals surface area contributed by atoms with Gasteiger partial charge in [0.1, 0.15) is 12.1 Å². The van der Waals surface area contributed by atoms with Gasteiger partial charge in [-0.25, -0.2) is 4.79 Å². The van der Waals surface area contributed by atoms with E-state index in [1.807, 2.05) is 11.4 Å². The highest BCUT2D eigenvalue weighted by Crippen LogP contribution is 2.32. The molecule has 1 atom stereocenters. The fourth-order valence-corrected chi connectivity index (χ4v) is 4.03. The van der Waals surface area contributed by atoms with E-state index in [1.54, 1.807) is 26.0 Å². The van der Waals surface area contributed by atoms with Crippen molar-refractivity contribution in [1.82, 2.24) is 20.7 Å². The van der Waals surface area contributed by atoms with E-state index in [0.29, 0.717) is 11.4 Å². The van der Waals surface area contributed by atoms with E-state index < -0.39 is 41.1 Å². The molecule has 2 saturated heterocycles. The molecule has 1 aromatic heterocycles. The van der Waals surface area contributed by atoms with Gasteiger partial charge in [-0.3, -0.25) is 29.5 Å². The molecule has 0 aromatic carbocycles. The van der Waals surface area contributed by atoms with Crippen LogP contribution in [0.5, 0.6) is 0 Å². The van der Waals surface area contributed by atoms with Gasteiger partial charge in [0, 0.05) is 4.88 Å². The van der Waals surface area contributed by atoms with E-state index in [0.717, 1.165) is 21.5 Å². The van der Waals surface area contributed by atoms with Crippen LogP contribution in [0.15, 0.2) is 22.4 Å². The van der Waals surface area contributed by atoms with Crippen molar-refractivity contribution in [3.05, 3.63) is 27.3 Å². The van der Waals surface area contributed by atoms with Crippen molar-refractivity contribution in [2.45, 2.75) is 25.8 Å². The van der Waals surface area contributed by atoms with Gasteiger partial charge in [-0.15, -0.1) is 11.3 Å². The molecule has 2 aliphatic rings. The molecular weight excluding hydrogens is 392 g/mol. The first-order valence-corrected chi connectivity index (χ1v) is 9.70. The number of carbonyl (C=O) groups excluding carboxylic acids is 5. The van der Waals surface area contributed by atoms with Crippen molar-refractivity contribution >= 4 is 58.2 Å². The third-order valence-corrected chi connectivity index (χ3v) is 5.92. The summed E-state index contributed by atoms with van der Waals surface area (Å²) in [6.07, 6.45) is 1.93. The van der Waals surface area contributed by atoms with Crippen molar-refractivity contribution in [1.29, 1.82) is 0 Å². The van der Waals surface area contributed by atoms with Gasteiger partial charge in [-0.05, 0) is 42.6 Å². The summed E-state index contributed by atoms with van der Waals surface area (Å²) < 4.78 is 0. The highest BCUT2D eigenvalue weighted by molar-refractivity contribution is 8.18. The van der Waals surface area contributed by atoms with Gasteiger partial charge in [0.15, 0.2) is 0 Å². The Bertz CT molecular complexity index is 866. The molecule has 11 heteroatoms. The summed E-state index contributed by atoms with van der Waals surface area (Å²) in [5, 5.41) is 4.32. The molecule has 27 heavy (non-hydrogen) atoms. The minimum atomic E-state index is -1.10. The van der Waals surface area contributed by atoms with E-state index >= 15 is 0 Å². The average molecular weight is 408 g/mol. The maximum Gasteiger partial charge on any atom is 0.344 e. The molecule has 142 valence electrons. The third kappa shape index (κ3) is 3.60. The minimum Gasteiger partial charge on any atom is -0.322 e. The van der Waals surface area contributed by atoms with E-state index in [9.17, 15) is 24.0 Å². The molecule has 0 aliphatic carbocycles. The molecule has 0 radical (unpaired) electrons. The predicted molar refractivity (Wildman–Crippen MR) is 99.2 cm³/mol. The van der Waals surface area contributed by atoms with Gasteiger partial charge < -0.3 is 5.32 Å². The number of nitrogens with zero attached hydrogens (tertiary/aromatic N) is 2. The molecule has 2 aliphatic heterocycles. The number of hydrazine groups is 1. The van der Waals surface area contributed by atoms with Crippen LogP contribution < -0.4 is 10.7 Å². The van der Waals surface area contributed by atoms with E-state index in [1.165, 1.54) is 11.3 Å². The first-order chi connectivity index (χ1) is 12.7. The maximum atomic E-state index is 12.4. The Labute approximate surface area is 162 Å². The molecule has 9 nitrogen and oxygen atoms in total. The molecule has 0 spiro atoms. The van der Waals surface area contributed by atoms with E-state index in [2.05, 4.69) is 10.7 Å². The number of carbonyl (C=O) groups is 5. The van der Waals surface area contributed by atoms with Gasteiger partial charge in [0.2, 0.25) is 0 Å². The van der Waals surface area contributed by atoms with Crippen LogP contribution in [0.1, 0.15) is 25.1 Å². The average Bonchev–Trinajstić information content (AvgIpc) is 3.28. The number of rotatable bonds is 5. The number of thiophene rings is 1. The van der Waals surface area contributed by atoms with Crippen LogP contribution in [-0.4, -0.2) is 51.0 Å². The Kier molecular flexibility index (Phi) is 5.07. The number of urea groups is 1. The lowest BCUT2D eigenvalue weighted by Gasteiger charge is -2.20. The van der Waals surface area contributed by atoms with Crippen molar-refractivity contribution in [2.24, 2.45) is 0 Å². The van der Waals surface area contributed by atoms with Crippen molar-refractivity contribution in [2.75, 3.05) is 6.54 Å². The molecule has 2 fully saturated rings. The topological polar surface area (TPSA) is 116 Å². The zero-order valence-corrected chi connectivity index (χ0v) is 16.1. The summed E-state index contributed by atoms with van der Waals surface area (Å²) in [5.41, 5.74) is 1.06. The van der Waals surface area contributed by atoms with Crippen LogP contribution in [0.3, 0.4) is 0 Å². The number of nitrogens with one attached hydrogen (secondary N) is 2. The van der Waals surface area contributed by atoms with Crippen molar-refractivity contribution < 1.29 is 24.0 Å². The number of hydrogen-bond acceptors (Lipinski definition) is 7. The van der Waals surface area contributed by atoms with Crippen LogP contribution in [0.25, 0.3) is 6.08 Å². The highest BCUT2D eigenvalue weighted by atomic mass is 32.2. The summed E-state index contributed by atoms with van der Waals surface area (Å²) in [6.45, 7) is 2.68. The van der Waals surface area contributed by atoms with Crippen LogP contribution in [-0.2, 0) is 14.4 Å². The van der Waals surface area contributed by atoms with Crippen molar-refractivity contribution in [3.63, 3.8) is 0 Å². The highest BCUT2D eigenvalue weighted by Gasteiger charge is 2.48. The minimum absolute atomic E-state index is 0.212. The molecule has 1 aromatic rings. The number of thioether (sulfide) groups is 1. The summed E-state index contributed by atoms with van der Waals surface area (Å²) in [7, 11) is 0. The predicted octanol–water partition coefficient (Wildman–Crippen LogP) is 1.54. The standard InChI is InChI=1S/C16H16N4O5S2/c1-3-16(2)13(23)20(14(24)17-16)18-11(21)8-19-12(22)10(27-15(19)25)7-9-5-4-6-26-9/h4-7H,3,8H2,1-2H3,(H,17,24)(H,18,21)/b10-7+/t16-/m0/s1. The quantitative estimate of drug-likeness (QED) is 0.564. The molecule has 6 amide bonds. The Balaban J connectivity index is 1.66. The molecular formula is C16H16N4O5S2. The van der Waals surface area contributed by atoms with Gasteiger partial charge in [0.25, 0.3) is 23.0 Å². The lowest BCUT2D eigenvalue weighted by atomic mass is 10.00. The fraction of sp³-hybridized carbons (Fsp3) is 0.312. The molecule has 0 unspecified atom stereocenters. The molecule has 2 N–H and O–H groups in total. The molecule has 0 saturated carbocycles. The van der Waals surface area contributed by atoms with Crippen LogP contribution in [0.4, 0.5) is 9.59 Å². The first kappa shape index (κ1) is 19.1. The van der Waals surface area contributed by atoms with Crippen LogP contribution >= 0.6 is 23.1 Å². The Hall–Kier alpha value is -2.66. The number of amides is 6. The first-order valence-electron chi connectivity index (χ1n) is 8.00. The number of imide groups is 2. The van der Waals surface area contributed by atoms with Gasteiger partial charge in [0.05, 0.1) is 4.91 Å². The number of hydrogen-bond donors (Lipinski definition) is 2. The SMILES string of the molecule is CC[C@]1(C)NC(=O)N(NC(=O)CN2C(=O)S/C(=C/c3cccs3)C2=O)C1=O. The zero-order chi connectivity index (χ0) is 19.8. The van der Waals surface area contributed by atoms with Crippen molar-refractivity contribution in [3.8, 4) is 0 Å².